The lowest BCUT2D eigenvalue weighted by Gasteiger charge is -2.10. The van der Waals surface area contributed by atoms with Gasteiger partial charge in [0.05, 0.1) is 16.9 Å². The molecule has 9 heteroatoms. The number of carbonyl (C=O) groups excluding carboxylic acids is 2. The van der Waals surface area contributed by atoms with Gasteiger partial charge in [0.15, 0.2) is 5.11 Å². The molecule has 0 fully saturated rings. The fourth-order valence-corrected chi connectivity index (χ4v) is 2.61. The van der Waals surface area contributed by atoms with E-state index in [0.29, 0.717) is 17.1 Å². The first-order valence-corrected chi connectivity index (χ1v) is 8.44. The Hall–Kier alpha value is -2.40. The van der Waals surface area contributed by atoms with Crippen LogP contribution >= 0.6 is 34.8 Å². The number of hydrazine groups is 1. The largest absolute Gasteiger partial charge is 0.496 e. The molecule has 25 heavy (non-hydrogen) atoms. The van der Waals surface area contributed by atoms with E-state index in [2.05, 4.69) is 38.8 Å². The first kappa shape index (κ1) is 18.9. The van der Waals surface area contributed by atoms with Gasteiger partial charge in [0, 0.05) is 11.6 Å². The summed E-state index contributed by atoms with van der Waals surface area (Å²) < 4.78 is 11.0. The lowest BCUT2D eigenvalue weighted by Crippen LogP contribution is -2.48. The predicted octanol–water partition coefficient (Wildman–Crippen LogP) is 2.24. The average Bonchev–Trinajstić information content (AvgIpc) is 3.11. The van der Waals surface area contributed by atoms with Crippen molar-refractivity contribution < 1.29 is 18.7 Å². The molecule has 1 aromatic carbocycles. The van der Waals surface area contributed by atoms with Crippen LogP contribution in [-0.2, 0) is 4.79 Å². The lowest BCUT2D eigenvalue weighted by molar-refractivity contribution is -0.115. The Morgan fingerprint density at radius 2 is 2.08 bits per heavy atom. The zero-order valence-corrected chi connectivity index (χ0v) is 16.0. The number of amides is 2. The van der Waals surface area contributed by atoms with Gasteiger partial charge in [0.2, 0.25) is 5.91 Å². The molecule has 130 valence electrons. The molecule has 0 aliphatic rings. The molecule has 0 bridgehead atoms. The molecule has 1 aromatic heterocycles. The van der Waals surface area contributed by atoms with E-state index < -0.39 is 11.8 Å². The first-order valence-electron chi connectivity index (χ1n) is 6.96. The highest BCUT2D eigenvalue weighted by atomic mass is 127. The number of hydrogen-bond donors (Lipinski definition) is 3. The van der Waals surface area contributed by atoms with E-state index in [9.17, 15) is 9.59 Å². The van der Waals surface area contributed by atoms with Crippen LogP contribution in [0.4, 0.5) is 0 Å². The summed E-state index contributed by atoms with van der Waals surface area (Å²) in [7, 11) is 1.56. The van der Waals surface area contributed by atoms with Gasteiger partial charge in [0.1, 0.15) is 11.5 Å². The first-order chi connectivity index (χ1) is 12.0. The number of halogens is 1. The standard InChI is InChI=1S/C16H14IN3O4S/c1-23-13-6-4-10(9-12(13)17)15(22)19-20-16(25)18-14(21)7-5-11-3-2-8-24-11/h2-9H,1H3,(H,19,22)(H2,18,20,21,25)/b7-5+. The van der Waals surface area contributed by atoms with E-state index in [4.69, 9.17) is 21.4 Å². The average molecular weight is 471 g/mol. The summed E-state index contributed by atoms with van der Waals surface area (Å²) in [4.78, 5) is 23.7. The van der Waals surface area contributed by atoms with Gasteiger partial charge in [0.25, 0.3) is 5.91 Å². The van der Waals surface area contributed by atoms with Crippen molar-refractivity contribution in [2.45, 2.75) is 0 Å². The number of methoxy groups -OCH3 is 1. The highest BCUT2D eigenvalue weighted by Gasteiger charge is 2.09. The molecule has 7 nitrogen and oxygen atoms in total. The number of hydrogen-bond acceptors (Lipinski definition) is 5. The highest BCUT2D eigenvalue weighted by Crippen LogP contribution is 2.21. The normalized spacial score (nSPS) is 10.3. The molecule has 2 aromatic rings. The van der Waals surface area contributed by atoms with Crippen LogP contribution in [0.2, 0.25) is 0 Å². The summed E-state index contributed by atoms with van der Waals surface area (Å²) >= 11 is 7.01. The molecule has 0 spiro atoms. The topological polar surface area (TPSA) is 92.6 Å². The number of ether oxygens (including phenoxy) is 1. The van der Waals surface area contributed by atoms with Crippen molar-refractivity contribution in [1.29, 1.82) is 0 Å². The van der Waals surface area contributed by atoms with Crippen molar-refractivity contribution in [3.8, 4) is 5.75 Å². The molecule has 1 heterocycles. The van der Waals surface area contributed by atoms with E-state index in [0.717, 1.165) is 3.57 Å². The Kier molecular flexibility index (Phi) is 6.95. The molecule has 3 N–H and O–H groups in total. The minimum absolute atomic E-state index is 0.0364. The number of rotatable bonds is 4. The second-order valence-corrected chi connectivity index (χ2v) is 6.17. The molecular weight excluding hydrogens is 457 g/mol. The SMILES string of the molecule is COc1ccc(C(=O)NNC(=S)NC(=O)/C=C/c2ccco2)cc1I. The van der Waals surface area contributed by atoms with E-state index in [1.165, 1.54) is 18.4 Å². The van der Waals surface area contributed by atoms with Crippen LogP contribution in [0.5, 0.6) is 5.75 Å². The Morgan fingerprint density at radius 1 is 1.28 bits per heavy atom. The molecule has 0 atom stereocenters. The third kappa shape index (κ3) is 5.87. The van der Waals surface area contributed by atoms with Crippen LogP contribution in [0.1, 0.15) is 16.1 Å². The van der Waals surface area contributed by atoms with Crippen molar-refractivity contribution in [2.75, 3.05) is 7.11 Å². The van der Waals surface area contributed by atoms with Crippen molar-refractivity contribution in [2.24, 2.45) is 0 Å². The van der Waals surface area contributed by atoms with Crippen LogP contribution in [-0.4, -0.2) is 24.0 Å². The minimum Gasteiger partial charge on any atom is -0.496 e. The summed E-state index contributed by atoms with van der Waals surface area (Å²) in [6, 6.07) is 8.39. The van der Waals surface area contributed by atoms with Crippen molar-refractivity contribution in [3.05, 3.63) is 57.6 Å². The van der Waals surface area contributed by atoms with Gasteiger partial charge >= 0.3 is 0 Å². The summed E-state index contributed by atoms with van der Waals surface area (Å²) in [5, 5.41) is 2.36. The Balaban J connectivity index is 1.82. The Bertz CT molecular complexity index is 806. The zero-order chi connectivity index (χ0) is 18.2. The second-order valence-electron chi connectivity index (χ2n) is 4.60. The molecule has 0 unspecified atom stereocenters. The fraction of sp³-hybridized carbons (Fsp3) is 0.0625. The summed E-state index contributed by atoms with van der Waals surface area (Å²) in [6.45, 7) is 0. The number of benzene rings is 1. The van der Waals surface area contributed by atoms with Crippen LogP contribution < -0.4 is 20.9 Å². The van der Waals surface area contributed by atoms with Crippen molar-refractivity contribution >= 4 is 57.8 Å². The van der Waals surface area contributed by atoms with E-state index >= 15 is 0 Å². The zero-order valence-electron chi connectivity index (χ0n) is 13.0. The maximum atomic E-state index is 12.1. The smallest absolute Gasteiger partial charge is 0.269 e. The van der Waals surface area contributed by atoms with E-state index in [1.807, 2.05) is 0 Å². The van der Waals surface area contributed by atoms with Gasteiger partial charge in [-0.1, -0.05) is 0 Å². The van der Waals surface area contributed by atoms with Crippen LogP contribution in [0.15, 0.2) is 47.1 Å². The molecule has 0 saturated heterocycles. The number of furan rings is 1. The molecule has 0 aliphatic heterocycles. The van der Waals surface area contributed by atoms with Crippen molar-refractivity contribution in [3.63, 3.8) is 0 Å². The Morgan fingerprint density at radius 3 is 2.72 bits per heavy atom. The fourth-order valence-electron chi connectivity index (χ4n) is 1.72. The van der Waals surface area contributed by atoms with Gasteiger partial charge in [-0.2, -0.15) is 0 Å². The number of thiocarbonyl (C=S) groups is 1. The monoisotopic (exact) mass is 471 g/mol. The molecule has 2 rings (SSSR count). The van der Waals surface area contributed by atoms with E-state index in [-0.39, 0.29) is 5.11 Å². The Labute approximate surface area is 162 Å². The minimum atomic E-state index is -0.456. The van der Waals surface area contributed by atoms with Crippen LogP contribution in [0, 0.1) is 3.57 Å². The summed E-state index contributed by atoms with van der Waals surface area (Å²) in [5.41, 5.74) is 5.29. The highest BCUT2D eigenvalue weighted by molar-refractivity contribution is 14.1. The summed E-state index contributed by atoms with van der Waals surface area (Å²) in [6.07, 6.45) is 4.26. The maximum Gasteiger partial charge on any atom is 0.269 e. The molecule has 0 saturated carbocycles. The molecule has 0 radical (unpaired) electrons. The summed E-state index contributed by atoms with van der Waals surface area (Å²) in [5.74, 6) is 0.359. The van der Waals surface area contributed by atoms with Gasteiger partial charge in [-0.3, -0.25) is 25.8 Å². The van der Waals surface area contributed by atoms with Crippen LogP contribution in [0.25, 0.3) is 6.08 Å². The molecule has 2 amide bonds. The van der Waals surface area contributed by atoms with Gasteiger partial charge in [-0.15, -0.1) is 0 Å². The van der Waals surface area contributed by atoms with E-state index in [1.54, 1.807) is 37.4 Å². The van der Waals surface area contributed by atoms with Crippen molar-refractivity contribution in [1.82, 2.24) is 16.2 Å². The predicted molar refractivity (Wildman–Crippen MR) is 105 cm³/mol. The molecule has 0 aliphatic carbocycles. The maximum absolute atomic E-state index is 12.1. The van der Waals surface area contributed by atoms with Gasteiger partial charge in [-0.05, 0) is 71.2 Å². The third-order valence-corrected chi connectivity index (χ3v) is 3.93. The number of carbonyl (C=O) groups is 2. The lowest BCUT2D eigenvalue weighted by atomic mass is 10.2. The third-order valence-electron chi connectivity index (χ3n) is 2.88. The van der Waals surface area contributed by atoms with Crippen LogP contribution in [0.3, 0.4) is 0 Å². The van der Waals surface area contributed by atoms with Gasteiger partial charge < -0.3 is 9.15 Å². The second kappa shape index (κ2) is 9.18. The molecular formula is C16H14IN3O4S. The quantitative estimate of drug-likeness (QED) is 0.274. The van der Waals surface area contributed by atoms with Gasteiger partial charge in [-0.25, -0.2) is 0 Å². The number of nitrogens with one attached hydrogen (secondary N) is 3.